The molecule has 180 valence electrons. The molecule has 0 aliphatic rings. The van der Waals surface area contributed by atoms with Crippen molar-refractivity contribution in [2.75, 3.05) is 0 Å². The minimum atomic E-state index is -0.278. The quantitative estimate of drug-likeness (QED) is 0.403. The monoisotopic (exact) mass is 462 g/mol. The zero-order valence-corrected chi connectivity index (χ0v) is 20.9. The van der Waals surface area contributed by atoms with E-state index in [9.17, 15) is 4.79 Å². The fourth-order valence-corrected chi connectivity index (χ4v) is 4.45. The van der Waals surface area contributed by atoms with E-state index in [0.29, 0.717) is 18.7 Å². The van der Waals surface area contributed by atoms with Crippen molar-refractivity contribution in [1.82, 2.24) is 30.1 Å². The highest BCUT2D eigenvalue weighted by molar-refractivity contribution is 5.79. The molecule has 0 aliphatic carbocycles. The van der Waals surface area contributed by atoms with Gasteiger partial charge in [0.25, 0.3) is 5.56 Å². The third-order valence-corrected chi connectivity index (χ3v) is 6.12. The number of nitrogens with one attached hydrogen (secondary N) is 1. The molecule has 0 unspecified atom stereocenters. The van der Waals surface area contributed by atoms with Gasteiger partial charge in [0.2, 0.25) is 0 Å². The molecule has 0 fully saturated rings. The first kappa shape index (κ1) is 23.9. The van der Waals surface area contributed by atoms with Crippen molar-refractivity contribution >= 4 is 10.9 Å². The van der Waals surface area contributed by atoms with Crippen LogP contribution in [-0.4, -0.2) is 30.1 Å². The summed E-state index contributed by atoms with van der Waals surface area (Å²) in [6.45, 7) is 13.6. The number of pyridine rings is 1. The number of tetrazole rings is 1. The van der Waals surface area contributed by atoms with Crippen LogP contribution in [-0.2, 0) is 25.0 Å². The van der Waals surface area contributed by atoms with E-state index >= 15 is 0 Å². The van der Waals surface area contributed by atoms with Gasteiger partial charge in [-0.1, -0.05) is 26.8 Å². The number of furan rings is 1. The van der Waals surface area contributed by atoms with Crippen molar-refractivity contribution in [3.05, 3.63) is 75.7 Å². The second-order valence-corrected chi connectivity index (χ2v) is 10.2. The van der Waals surface area contributed by atoms with Gasteiger partial charge in [-0.25, -0.2) is 4.68 Å². The van der Waals surface area contributed by atoms with Gasteiger partial charge in [-0.2, -0.15) is 0 Å². The average molecular weight is 463 g/mol. The Hall–Kier alpha value is -3.26. The summed E-state index contributed by atoms with van der Waals surface area (Å²) >= 11 is 0. The van der Waals surface area contributed by atoms with Gasteiger partial charge < -0.3 is 9.40 Å². The number of aryl methyl sites for hydroxylation is 1. The predicted molar refractivity (Wildman–Crippen MR) is 132 cm³/mol. The van der Waals surface area contributed by atoms with Crippen molar-refractivity contribution in [2.24, 2.45) is 5.92 Å². The highest BCUT2D eigenvalue weighted by atomic mass is 16.3. The minimum Gasteiger partial charge on any atom is -0.468 e. The summed E-state index contributed by atoms with van der Waals surface area (Å²) in [5.74, 6) is 1.79. The van der Waals surface area contributed by atoms with Gasteiger partial charge in [0.15, 0.2) is 5.82 Å². The summed E-state index contributed by atoms with van der Waals surface area (Å²) in [4.78, 5) is 18.4. The number of hydrogen-bond donors (Lipinski definition) is 1. The molecule has 8 nitrogen and oxygen atoms in total. The van der Waals surface area contributed by atoms with E-state index in [0.717, 1.165) is 28.9 Å². The smallest absolute Gasteiger partial charge is 0.252 e. The molecule has 0 aliphatic heterocycles. The Bertz CT molecular complexity index is 1300. The maximum atomic E-state index is 13.1. The normalized spacial score (nSPS) is 13.3. The summed E-state index contributed by atoms with van der Waals surface area (Å²) in [5, 5.41) is 13.8. The van der Waals surface area contributed by atoms with Gasteiger partial charge in [-0.05, 0) is 84.8 Å². The molecule has 1 N–H and O–H groups in total. The number of aromatic nitrogens is 5. The first-order valence-corrected chi connectivity index (χ1v) is 11.9. The molecule has 1 atom stereocenters. The van der Waals surface area contributed by atoms with Crippen molar-refractivity contribution in [1.29, 1.82) is 0 Å². The first-order valence-electron chi connectivity index (χ1n) is 11.9. The van der Waals surface area contributed by atoms with Crippen LogP contribution >= 0.6 is 0 Å². The maximum absolute atomic E-state index is 13.1. The predicted octanol–water partition coefficient (Wildman–Crippen LogP) is 4.82. The van der Waals surface area contributed by atoms with E-state index < -0.39 is 0 Å². The molecule has 34 heavy (non-hydrogen) atoms. The Morgan fingerprint density at radius 2 is 1.94 bits per heavy atom. The second-order valence-electron chi connectivity index (χ2n) is 10.2. The van der Waals surface area contributed by atoms with Gasteiger partial charge in [0.05, 0.1) is 24.4 Å². The molecule has 0 saturated carbocycles. The Kier molecular flexibility index (Phi) is 6.70. The summed E-state index contributed by atoms with van der Waals surface area (Å²) in [6.07, 6.45) is 2.62. The molecule has 1 aromatic carbocycles. The lowest BCUT2D eigenvalue weighted by Gasteiger charge is -2.34. The maximum Gasteiger partial charge on any atom is 0.252 e. The number of hydrogen-bond acceptors (Lipinski definition) is 6. The van der Waals surface area contributed by atoms with Crippen LogP contribution in [0.1, 0.15) is 70.3 Å². The Labute approximate surface area is 200 Å². The SMILES string of the molecule is CCc1ccc2[nH]c(=O)c(CN(Cc3ccco3)[C@@H](c3nnnn3C(C)(C)C)C(C)C)cc2c1. The molecule has 3 aromatic heterocycles. The fourth-order valence-electron chi connectivity index (χ4n) is 4.45. The Balaban J connectivity index is 1.79. The van der Waals surface area contributed by atoms with Gasteiger partial charge >= 0.3 is 0 Å². The van der Waals surface area contributed by atoms with E-state index in [1.165, 1.54) is 5.56 Å². The van der Waals surface area contributed by atoms with Crippen LogP contribution in [0.15, 0.2) is 51.9 Å². The number of rotatable bonds is 8. The van der Waals surface area contributed by atoms with Crippen LogP contribution in [0.2, 0.25) is 0 Å². The molecule has 0 saturated heterocycles. The summed E-state index contributed by atoms with van der Waals surface area (Å²) in [7, 11) is 0. The van der Waals surface area contributed by atoms with Crippen LogP contribution < -0.4 is 5.56 Å². The number of nitrogens with zero attached hydrogens (tertiary/aromatic N) is 5. The zero-order chi connectivity index (χ0) is 24.5. The van der Waals surface area contributed by atoms with Gasteiger partial charge in [0.1, 0.15) is 5.76 Å². The fraction of sp³-hybridized carbons (Fsp3) is 0.462. The molecule has 0 bridgehead atoms. The summed E-state index contributed by atoms with van der Waals surface area (Å²) in [6, 6.07) is 11.9. The average Bonchev–Trinajstić information content (AvgIpc) is 3.46. The van der Waals surface area contributed by atoms with E-state index in [4.69, 9.17) is 4.42 Å². The van der Waals surface area contributed by atoms with Crippen LogP contribution in [0.3, 0.4) is 0 Å². The van der Waals surface area contributed by atoms with Crippen LogP contribution in [0.4, 0.5) is 0 Å². The third kappa shape index (κ3) is 4.97. The van der Waals surface area contributed by atoms with Crippen LogP contribution in [0.5, 0.6) is 0 Å². The molecule has 4 aromatic rings. The van der Waals surface area contributed by atoms with Crippen molar-refractivity contribution in [3.8, 4) is 0 Å². The molecule has 3 heterocycles. The first-order chi connectivity index (χ1) is 16.2. The van der Waals surface area contributed by atoms with Crippen molar-refractivity contribution in [2.45, 2.75) is 72.6 Å². The highest BCUT2D eigenvalue weighted by Crippen LogP contribution is 2.32. The van der Waals surface area contributed by atoms with Crippen LogP contribution in [0.25, 0.3) is 10.9 Å². The molecular weight excluding hydrogens is 428 g/mol. The number of benzene rings is 1. The number of H-pyrrole nitrogens is 1. The number of aromatic amines is 1. The molecule has 4 rings (SSSR count). The molecule has 0 amide bonds. The van der Waals surface area contributed by atoms with E-state index in [2.05, 4.69) is 79.1 Å². The van der Waals surface area contributed by atoms with Crippen LogP contribution in [0, 0.1) is 5.92 Å². The Morgan fingerprint density at radius 1 is 1.15 bits per heavy atom. The third-order valence-electron chi connectivity index (χ3n) is 6.12. The lowest BCUT2D eigenvalue weighted by Crippen LogP contribution is -2.37. The minimum absolute atomic E-state index is 0.0842. The van der Waals surface area contributed by atoms with E-state index in [1.54, 1.807) is 6.26 Å². The largest absolute Gasteiger partial charge is 0.468 e. The van der Waals surface area contributed by atoms with Crippen molar-refractivity contribution < 1.29 is 4.42 Å². The summed E-state index contributed by atoms with van der Waals surface area (Å²) in [5.41, 5.74) is 2.43. The lowest BCUT2D eigenvalue weighted by molar-refractivity contribution is 0.111. The topological polar surface area (TPSA) is 92.8 Å². The molecular formula is C26H34N6O2. The van der Waals surface area contributed by atoms with Gasteiger partial charge in [-0.15, -0.1) is 5.10 Å². The standard InChI is InChI=1S/C26H34N6O2/c1-7-18-10-11-22-19(13-18)14-20(25(33)27-22)15-31(16-21-9-8-12-34-21)23(17(2)3)24-28-29-30-32(24)26(4,5)6/h8-14,17,23H,7,15-16H2,1-6H3,(H,27,33)/t23-/m1/s1. The van der Waals surface area contributed by atoms with Gasteiger partial charge in [-0.3, -0.25) is 9.69 Å². The number of fused-ring (bicyclic) bond motifs is 1. The van der Waals surface area contributed by atoms with Gasteiger partial charge in [0, 0.05) is 17.6 Å². The molecule has 0 radical (unpaired) electrons. The van der Waals surface area contributed by atoms with E-state index in [-0.39, 0.29) is 23.1 Å². The highest BCUT2D eigenvalue weighted by Gasteiger charge is 2.33. The molecule has 8 heteroatoms. The second kappa shape index (κ2) is 9.54. The lowest BCUT2D eigenvalue weighted by atomic mass is 9.98. The van der Waals surface area contributed by atoms with E-state index in [1.807, 2.05) is 28.9 Å². The Morgan fingerprint density at radius 3 is 2.59 bits per heavy atom. The van der Waals surface area contributed by atoms with Crippen molar-refractivity contribution in [3.63, 3.8) is 0 Å². The zero-order valence-electron chi connectivity index (χ0n) is 20.9. The molecule has 0 spiro atoms. The summed E-state index contributed by atoms with van der Waals surface area (Å²) < 4.78 is 7.57.